The monoisotopic (exact) mass is 569 g/mol. The number of hydrogen-bond donors (Lipinski definition) is 4. The molecule has 0 unspecified atom stereocenters. The third kappa shape index (κ3) is 7.86. The van der Waals surface area contributed by atoms with Crippen molar-refractivity contribution in [1.29, 1.82) is 0 Å². The van der Waals surface area contributed by atoms with E-state index >= 15 is 0 Å². The maximum absolute atomic E-state index is 13.9. The lowest BCUT2D eigenvalue weighted by molar-refractivity contribution is -0.115. The van der Waals surface area contributed by atoms with E-state index in [1.807, 2.05) is 0 Å². The number of nitrogens with one attached hydrogen (secondary N) is 3. The molecule has 218 valence electrons. The van der Waals surface area contributed by atoms with Crippen LogP contribution < -0.4 is 20.1 Å². The van der Waals surface area contributed by atoms with E-state index in [2.05, 4.69) is 42.6 Å². The van der Waals surface area contributed by atoms with Crippen molar-refractivity contribution < 1.29 is 28.2 Å². The van der Waals surface area contributed by atoms with Gasteiger partial charge in [0.2, 0.25) is 5.91 Å². The van der Waals surface area contributed by atoms with Crippen LogP contribution in [0.1, 0.15) is 25.5 Å². The summed E-state index contributed by atoms with van der Waals surface area (Å²) in [5.74, 6) is -0.787. The summed E-state index contributed by atoms with van der Waals surface area (Å²) in [5, 5.41) is 22.3. The molecule has 0 aliphatic carbocycles. The minimum Gasteiger partial charge on any atom is -0.493 e. The number of methoxy groups -OCH3 is 1. The number of ether oxygens (including phenoxy) is 2. The largest absolute Gasteiger partial charge is 0.493 e. The van der Waals surface area contributed by atoms with Gasteiger partial charge in [0.1, 0.15) is 12.1 Å². The summed E-state index contributed by atoms with van der Waals surface area (Å²) in [6.07, 6.45) is 3.07. The zero-order chi connectivity index (χ0) is 29.2. The SMILES string of the molecule is CCCN(CCO)CCCOc1cc2ncnc(Nc3cc(CC(=O)Nc4cccc(F)c4F)[nH]n3)c2cc1OC. The van der Waals surface area contributed by atoms with Gasteiger partial charge < -0.3 is 30.1 Å². The first-order valence-corrected chi connectivity index (χ1v) is 13.3. The summed E-state index contributed by atoms with van der Waals surface area (Å²) in [6.45, 7) is 5.08. The Balaban J connectivity index is 1.40. The smallest absolute Gasteiger partial charge is 0.230 e. The minimum absolute atomic E-state index is 0.127. The Bertz CT molecular complexity index is 1460. The van der Waals surface area contributed by atoms with Crippen molar-refractivity contribution in [1.82, 2.24) is 25.1 Å². The zero-order valence-electron chi connectivity index (χ0n) is 22.9. The summed E-state index contributed by atoms with van der Waals surface area (Å²) in [4.78, 5) is 23.2. The maximum atomic E-state index is 13.9. The normalized spacial score (nSPS) is 11.2. The van der Waals surface area contributed by atoms with Crippen LogP contribution in [0.15, 0.2) is 42.7 Å². The first-order chi connectivity index (χ1) is 19.9. The van der Waals surface area contributed by atoms with E-state index in [9.17, 15) is 18.7 Å². The number of nitrogens with zero attached hydrogens (tertiary/aromatic N) is 4. The van der Waals surface area contributed by atoms with Crippen LogP contribution in [0.4, 0.5) is 26.1 Å². The fraction of sp³-hybridized carbons (Fsp3) is 0.357. The Morgan fingerprint density at radius 1 is 1.12 bits per heavy atom. The minimum atomic E-state index is -1.12. The Morgan fingerprint density at radius 3 is 2.76 bits per heavy atom. The van der Waals surface area contributed by atoms with Gasteiger partial charge in [0.05, 0.1) is 37.9 Å². The van der Waals surface area contributed by atoms with E-state index < -0.39 is 17.5 Å². The lowest BCUT2D eigenvalue weighted by atomic mass is 10.2. The van der Waals surface area contributed by atoms with E-state index in [1.54, 1.807) is 25.3 Å². The number of aliphatic hydroxyl groups is 1. The molecule has 13 heteroatoms. The molecular weight excluding hydrogens is 536 g/mol. The van der Waals surface area contributed by atoms with Gasteiger partial charge in [-0.05, 0) is 37.6 Å². The number of H-pyrrole nitrogens is 1. The molecule has 0 radical (unpaired) electrons. The predicted octanol–water partition coefficient (Wildman–Crippen LogP) is 4.04. The van der Waals surface area contributed by atoms with Gasteiger partial charge in [-0.1, -0.05) is 13.0 Å². The first kappa shape index (κ1) is 29.6. The van der Waals surface area contributed by atoms with Crippen LogP contribution in [0.2, 0.25) is 0 Å². The van der Waals surface area contributed by atoms with Gasteiger partial charge in [-0.25, -0.2) is 18.7 Å². The number of hydrogen-bond acceptors (Lipinski definition) is 9. The number of amides is 1. The second kappa shape index (κ2) is 14.3. The molecule has 0 bridgehead atoms. The molecule has 0 aliphatic heterocycles. The third-order valence-electron chi connectivity index (χ3n) is 6.21. The Labute approximate surface area is 235 Å². The molecule has 0 saturated carbocycles. The molecule has 41 heavy (non-hydrogen) atoms. The number of benzene rings is 2. The molecule has 0 aliphatic rings. The van der Waals surface area contributed by atoms with Crippen LogP contribution in [0, 0.1) is 11.6 Å². The highest BCUT2D eigenvalue weighted by Gasteiger charge is 2.15. The number of aromatic nitrogens is 4. The van der Waals surface area contributed by atoms with Gasteiger partial charge in [0.15, 0.2) is 29.0 Å². The number of carbonyl (C=O) groups excluding carboxylic acids is 1. The number of rotatable bonds is 15. The standard InChI is InChI=1S/C28H33F2N7O4/c1-3-8-37(10-11-38)9-5-12-41-24-16-22-19(15-23(24)40-2)28(32-17-31-22)34-25-13-18(35-36-25)14-26(39)33-21-7-4-6-20(29)27(21)30/h4,6-7,13,15-17,38H,3,5,8-12,14H2,1-2H3,(H,33,39)(H2,31,32,34,35,36). The Hall–Kier alpha value is -4.36. The quantitative estimate of drug-likeness (QED) is 0.156. The maximum Gasteiger partial charge on any atom is 0.230 e. The number of anilines is 3. The summed E-state index contributed by atoms with van der Waals surface area (Å²) in [7, 11) is 1.55. The van der Waals surface area contributed by atoms with E-state index in [0.29, 0.717) is 52.9 Å². The molecule has 0 fully saturated rings. The lowest BCUT2D eigenvalue weighted by Crippen LogP contribution is -2.29. The molecule has 11 nitrogen and oxygen atoms in total. The molecule has 4 aromatic rings. The summed E-state index contributed by atoms with van der Waals surface area (Å²) in [6, 6.07) is 8.73. The Morgan fingerprint density at radius 2 is 1.98 bits per heavy atom. The average molecular weight is 570 g/mol. The number of aliphatic hydroxyl groups excluding tert-OH is 1. The fourth-order valence-corrected chi connectivity index (χ4v) is 4.30. The van der Waals surface area contributed by atoms with Crippen LogP contribution in [0.3, 0.4) is 0 Å². The van der Waals surface area contributed by atoms with Crippen LogP contribution in [0.25, 0.3) is 10.9 Å². The molecule has 0 spiro atoms. The highest BCUT2D eigenvalue weighted by molar-refractivity contribution is 5.93. The number of carbonyl (C=O) groups is 1. The van der Waals surface area contributed by atoms with Crippen molar-refractivity contribution in [2.24, 2.45) is 0 Å². The summed E-state index contributed by atoms with van der Waals surface area (Å²) in [5.41, 5.74) is 0.834. The van der Waals surface area contributed by atoms with Crippen molar-refractivity contribution >= 4 is 34.1 Å². The van der Waals surface area contributed by atoms with Gasteiger partial charge in [0.25, 0.3) is 0 Å². The summed E-state index contributed by atoms with van der Waals surface area (Å²) < 4.78 is 38.8. The van der Waals surface area contributed by atoms with Crippen molar-refractivity contribution in [3.63, 3.8) is 0 Å². The Kier molecular flexibility index (Phi) is 10.3. The van der Waals surface area contributed by atoms with Crippen LogP contribution in [-0.2, 0) is 11.2 Å². The molecule has 2 aromatic carbocycles. The molecule has 2 aromatic heterocycles. The fourth-order valence-electron chi connectivity index (χ4n) is 4.30. The molecule has 0 atom stereocenters. The molecule has 4 rings (SSSR count). The van der Waals surface area contributed by atoms with Crippen LogP contribution in [-0.4, -0.2) is 76.0 Å². The van der Waals surface area contributed by atoms with Gasteiger partial charge in [-0.2, -0.15) is 5.10 Å². The van der Waals surface area contributed by atoms with Gasteiger partial charge in [-0.15, -0.1) is 0 Å². The van der Waals surface area contributed by atoms with Crippen LogP contribution >= 0.6 is 0 Å². The topological polar surface area (TPSA) is 138 Å². The lowest BCUT2D eigenvalue weighted by Gasteiger charge is -2.20. The second-order valence-corrected chi connectivity index (χ2v) is 9.24. The third-order valence-corrected chi connectivity index (χ3v) is 6.21. The summed E-state index contributed by atoms with van der Waals surface area (Å²) >= 11 is 0. The number of aromatic amines is 1. The highest BCUT2D eigenvalue weighted by Crippen LogP contribution is 2.34. The van der Waals surface area contributed by atoms with Gasteiger partial charge in [0, 0.05) is 36.3 Å². The molecule has 0 saturated heterocycles. The van der Waals surface area contributed by atoms with E-state index in [0.717, 1.165) is 32.0 Å². The second-order valence-electron chi connectivity index (χ2n) is 9.24. The van der Waals surface area contributed by atoms with Crippen molar-refractivity contribution in [2.45, 2.75) is 26.2 Å². The first-order valence-electron chi connectivity index (χ1n) is 13.3. The molecule has 1 amide bonds. The van der Waals surface area contributed by atoms with Gasteiger partial charge >= 0.3 is 0 Å². The highest BCUT2D eigenvalue weighted by atomic mass is 19.2. The molecule has 4 N–H and O–H groups in total. The van der Waals surface area contributed by atoms with Crippen LogP contribution in [0.5, 0.6) is 11.5 Å². The zero-order valence-corrected chi connectivity index (χ0v) is 22.9. The average Bonchev–Trinajstić information content (AvgIpc) is 3.39. The van der Waals surface area contributed by atoms with Crippen molar-refractivity contribution in [2.75, 3.05) is 50.6 Å². The number of fused-ring (bicyclic) bond motifs is 1. The predicted molar refractivity (Wildman–Crippen MR) is 151 cm³/mol. The molecule has 2 heterocycles. The van der Waals surface area contributed by atoms with E-state index in [4.69, 9.17) is 9.47 Å². The van der Waals surface area contributed by atoms with E-state index in [-0.39, 0.29) is 18.7 Å². The van der Waals surface area contributed by atoms with E-state index in [1.165, 1.54) is 18.5 Å². The van der Waals surface area contributed by atoms with Crippen molar-refractivity contribution in [3.8, 4) is 11.5 Å². The van der Waals surface area contributed by atoms with Gasteiger partial charge in [-0.3, -0.25) is 9.89 Å². The molecular formula is C28H33F2N7O4. The van der Waals surface area contributed by atoms with Crippen molar-refractivity contribution in [3.05, 3.63) is 60.1 Å². The number of halogens is 2.